The average Bonchev–Trinajstić information content (AvgIpc) is 3.72. The number of rotatable bonds is 27. The van der Waals surface area contributed by atoms with E-state index in [1.165, 1.54) is 39.5 Å². The number of phosphoric ester groups is 3. The van der Waals surface area contributed by atoms with Crippen LogP contribution in [0.5, 0.6) is 0 Å². The van der Waals surface area contributed by atoms with E-state index in [0.29, 0.717) is 5.75 Å². The molecule has 1 fully saturated rings. The Morgan fingerprint density at radius 3 is 2.35 bits per heavy atom. The first-order valence-corrected chi connectivity index (χ1v) is 24.5. The zero-order valence-corrected chi connectivity index (χ0v) is 37.1. The zero-order valence-electron chi connectivity index (χ0n) is 33.6. The molecule has 10 N–H and O–H groups in total. The second-order valence-electron chi connectivity index (χ2n) is 14.7. The third-order valence-electron chi connectivity index (χ3n) is 9.14. The van der Waals surface area contributed by atoms with Crippen LogP contribution < -0.4 is 16.4 Å². The lowest BCUT2D eigenvalue weighted by molar-refractivity contribution is -0.137. The van der Waals surface area contributed by atoms with E-state index in [9.17, 15) is 57.9 Å². The SMILES string of the molecule is CCCCCCCC[C@@H](C)C(=O)SCCNC(=O)CCNC(=O)C(O)C(C)(C)COP(=O)(O)OP(=O)(O)OC[C@H]1O[C@@H](n2cnc3c(N)ncnc32)[C@H](O)[C@@H]1OP(=O)(O)O. The van der Waals surface area contributed by atoms with Gasteiger partial charge in [-0.05, 0) is 6.42 Å². The van der Waals surface area contributed by atoms with E-state index in [0.717, 1.165) is 48.2 Å². The Hall–Kier alpha value is -2.44. The molecule has 28 heteroatoms. The molecule has 24 nitrogen and oxygen atoms in total. The van der Waals surface area contributed by atoms with Gasteiger partial charge >= 0.3 is 23.5 Å². The molecule has 8 atom stereocenters. The van der Waals surface area contributed by atoms with Crippen molar-refractivity contribution in [1.82, 2.24) is 30.2 Å². The fourth-order valence-electron chi connectivity index (χ4n) is 5.77. The number of carbonyl (C=O) groups excluding carboxylic acids is 3. The zero-order chi connectivity index (χ0) is 44.9. The maximum Gasteiger partial charge on any atom is 0.481 e. The number of phosphoric acid groups is 3. The van der Waals surface area contributed by atoms with Crippen molar-refractivity contribution in [2.75, 3.05) is 37.8 Å². The van der Waals surface area contributed by atoms with Crippen LogP contribution in [0.1, 0.15) is 85.3 Å². The van der Waals surface area contributed by atoms with Crippen molar-refractivity contribution in [1.29, 1.82) is 0 Å². The first-order chi connectivity index (χ1) is 28.0. The maximum atomic E-state index is 12.7. The van der Waals surface area contributed by atoms with Crippen molar-refractivity contribution in [2.45, 2.75) is 110 Å². The van der Waals surface area contributed by atoms with Gasteiger partial charge in [0.25, 0.3) is 0 Å². The van der Waals surface area contributed by atoms with Gasteiger partial charge in [0.2, 0.25) is 11.8 Å². The number of hydrogen-bond acceptors (Lipinski definition) is 18. The van der Waals surface area contributed by atoms with Gasteiger partial charge in [-0.3, -0.25) is 32.5 Å². The third kappa shape index (κ3) is 16.7. The minimum Gasteiger partial charge on any atom is -0.386 e. The highest BCUT2D eigenvalue weighted by atomic mass is 32.2. The molecule has 0 saturated carbocycles. The van der Waals surface area contributed by atoms with E-state index >= 15 is 0 Å². The summed E-state index contributed by atoms with van der Waals surface area (Å²) in [5.41, 5.74) is 4.28. The van der Waals surface area contributed by atoms with E-state index in [2.05, 4.69) is 41.3 Å². The molecule has 0 bridgehead atoms. The number of ether oxygens (including phenoxy) is 1. The Morgan fingerprint density at radius 1 is 1.00 bits per heavy atom. The number of nitrogens with two attached hydrogens (primary N) is 1. The van der Waals surface area contributed by atoms with Gasteiger partial charge < -0.3 is 50.9 Å². The minimum absolute atomic E-state index is 0.0327. The molecule has 3 unspecified atom stereocenters. The molecule has 342 valence electrons. The fraction of sp³-hybridized carbons (Fsp3) is 0.750. The van der Waals surface area contributed by atoms with E-state index in [1.54, 1.807) is 0 Å². The summed E-state index contributed by atoms with van der Waals surface area (Å²) < 4.78 is 62.3. The summed E-state index contributed by atoms with van der Waals surface area (Å²) in [6, 6.07) is 0. The summed E-state index contributed by atoms with van der Waals surface area (Å²) in [4.78, 5) is 88.3. The average molecular weight is 936 g/mol. The van der Waals surface area contributed by atoms with Crippen molar-refractivity contribution in [3.8, 4) is 0 Å². The summed E-state index contributed by atoms with van der Waals surface area (Å²) in [7, 11) is -16.4. The van der Waals surface area contributed by atoms with Crippen LogP contribution in [0, 0.1) is 11.3 Å². The molecule has 2 aromatic heterocycles. The Labute approximate surface area is 350 Å². The van der Waals surface area contributed by atoms with Crippen molar-refractivity contribution < 1.29 is 80.5 Å². The molecule has 2 amide bonds. The Balaban J connectivity index is 1.42. The highest BCUT2D eigenvalue weighted by molar-refractivity contribution is 8.13. The van der Waals surface area contributed by atoms with E-state index in [4.69, 9.17) is 19.5 Å². The molecular weight excluding hydrogens is 879 g/mol. The standard InChI is InChI=1S/C32H56N7O17P3S/c1-5-6-7-8-9-10-11-20(2)31(44)60-15-14-34-22(40)12-13-35-29(43)26(42)32(3,4)17-53-59(50,51)56-58(48,49)52-16-21-25(55-57(45,46)47)24(41)30(54-21)39-19-38-23-27(33)36-18-37-28(23)39/h18-21,24-26,30,41-42H,5-17H2,1-4H3,(H,34,40)(H,35,43)(H,48,49)(H,50,51)(H2,33,36,37)(H2,45,46,47)/t20-,21-,24-,25-,26?,30-/m1/s1. The molecule has 0 aliphatic carbocycles. The number of nitrogen functional groups attached to an aromatic ring is 1. The summed E-state index contributed by atoms with van der Waals surface area (Å²) >= 11 is 1.15. The molecule has 1 aliphatic rings. The van der Waals surface area contributed by atoms with E-state index < -0.39 is 84.6 Å². The number of aromatic nitrogens is 4. The molecular formula is C32H56N7O17P3S. The lowest BCUT2D eigenvalue weighted by atomic mass is 9.87. The Bertz CT molecular complexity index is 1890. The summed E-state index contributed by atoms with van der Waals surface area (Å²) in [5.74, 6) is -1.12. The molecule has 0 spiro atoms. The number of aliphatic hydroxyl groups is 2. The number of amides is 2. The number of hydrogen-bond donors (Lipinski definition) is 9. The van der Waals surface area contributed by atoms with Gasteiger partial charge in [0.1, 0.15) is 36.3 Å². The number of fused-ring (bicyclic) bond motifs is 1. The lowest BCUT2D eigenvalue weighted by Crippen LogP contribution is -2.46. The van der Waals surface area contributed by atoms with Crippen LogP contribution in [-0.4, -0.2) is 123 Å². The number of nitrogens with zero attached hydrogens (tertiary/aromatic N) is 4. The molecule has 1 aliphatic heterocycles. The monoisotopic (exact) mass is 935 g/mol. The molecule has 60 heavy (non-hydrogen) atoms. The van der Waals surface area contributed by atoms with Crippen molar-refractivity contribution in [2.24, 2.45) is 11.3 Å². The fourth-order valence-corrected chi connectivity index (χ4v) is 9.41. The van der Waals surface area contributed by atoms with Crippen molar-refractivity contribution in [3.63, 3.8) is 0 Å². The van der Waals surface area contributed by atoms with Crippen LogP contribution in [0.4, 0.5) is 5.82 Å². The molecule has 0 aromatic carbocycles. The highest BCUT2D eigenvalue weighted by Crippen LogP contribution is 2.61. The number of anilines is 1. The molecule has 1 saturated heterocycles. The van der Waals surface area contributed by atoms with Crippen LogP contribution in [0.15, 0.2) is 12.7 Å². The number of thioether (sulfide) groups is 1. The van der Waals surface area contributed by atoms with Gasteiger partial charge in [-0.15, -0.1) is 0 Å². The van der Waals surface area contributed by atoms with Crippen LogP contribution >= 0.6 is 35.2 Å². The molecule has 3 heterocycles. The van der Waals surface area contributed by atoms with Crippen LogP contribution in [0.3, 0.4) is 0 Å². The molecule has 3 rings (SSSR count). The van der Waals surface area contributed by atoms with Gasteiger partial charge in [-0.25, -0.2) is 28.6 Å². The van der Waals surface area contributed by atoms with Crippen molar-refractivity contribution in [3.05, 3.63) is 12.7 Å². The largest absolute Gasteiger partial charge is 0.481 e. The molecule has 2 aromatic rings. The number of aliphatic hydroxyl groups excluding tert-OH is 2. The Kier molecular flexibility index (Phi) is 20.2. The van der Waals surface area contributed by atoms with Crippen molar-refractivity contribution >= 4 is 69.1 Å². The van der Waals surface area contributed by atoms with Crippen LogP contribution in [0.2, 0.25) is 0 Å². The summed E-state index contributed by atoms with van der Waals surface area (Å²) in [5, 5.41) is 26.6. The summed E-state index contributed by atoms with van der Waals surface area (Å²) in [6.07, 6.45) is 0.805. The van der Waals surface area contributed by atoms with Gasteiger partial charge in [0, 0.05) is 36.6 Å². The number of imidazole rings is 1. The number of carbonyl (C=O) groups is 3. The second-order valence-corrected chi connectivity index (χ2v) is 20.0. The number of nitrogens with one attached hydrogen (secondary N) is 2. The maximum absolute atomic E-state index is 12.7. The Morgan fingerprint density at radius 2 is 1.67 bits per heavy atom. The van der Waals surface area contributed by atoms with Crippen LogP contribution in [-0.2, 0) is 50.7 Å². The van der Waals surface area contributed by atoms with Gasteiger partial charge in [-0.2, -0.15) is 4.31 Å². The summed E-state index contributed by atoms with van der Waals surface area (Å²) in [6.45, 7) is 4.62. The second kappa shape index (κ2) is 23.3. The van der Waals surface area contributed by atoms with E-state index in [1.807, 2.05) is 6.92 Å². The normalized spacial score (nSPS) is 21.6. The topological polar surface area (TPSA) is 364 Å². The third-order valence-corrected chi connectivity index (χ3v) is 13.3. The van der Waals surface area contributed by atoms with Gasteiger partial charge in [0.15, 0.2) is 22.8 Å². The highest BCUT2D eigenvalue weighted by Gasteiger charge is 2.50. The quantitative estimate of drug-likeness (QED) is 0.0457. The minimum atomic E-state index is -5.57. The number of unbranched alkanes of at least 4 members (excludes halogenated alkanes) is 5. The molecule has 0 radical (unpaired) electrons. The van der Waals surface area contributed by atoms with Gasteiger partial charge in [-0.1, -0.05) is 78.0 Å². The smallest absolute Gasteiger partial charge is 0.386 e. The van der Waals surface area contributed by atoms with E-state index in [-0.39, 0.29) is 47.5 Å². The first-order valence-electron chi connectivity index (χ1n) is 19.0. The lowest BCUT2D eigenvalue weighted by Gasteiger charge is -2.30. The van der Waals surface area contributed by atoms with Gasteiger partial charge in [0.05, 0.1) is 19.5 Å². The van der Waals surface area contributed by atoms with Crippen LogP contribution in [0.25, 0.3) is 11.2 Å². The predicted octanol–water partition coefficient (Wildman–Crippen LogP) is 2.05. The predicted molar refractivity (Wildman–Crippen MR) is 214 cm³/mol. The first kappa shape index (κ1) is 51.9.